The van der Waals surface area contributed by atoms with E-state index in [9.17, 15) is 4.79 Å². The predicted molar refractivity (Wildman–Crippen MR) is 85.4 cm³/mol. The third-order valence-corrected chi connectivity index (χ3v) is 3.95. The Morgan fingerprint density at radius 2 is 2.00 bits per heavy atom. The zero-order chi connectivity index (χ0) is 14.3. The minimum Gasteiger partial charge on any atom is -0.409 e. The number of hydrogen-bond acceptors (Lipinski definition) is 3. The van der Waals surface area contributed by atoms with Crippen LogP contribution in [-0.2, 0) is 0 Å². The molecular formula is C14H7BrClNO2S. The number of fused-ring (bicyclic) bond motifs is 1. The second-order valence-electron chi connectivity index (χ2n) is 4.13. The van der Waals surface area contributed by atoms with E-state index in [0.29, 0.717) is 26.3 Å². The molecule has 0 amide bonds. The van der Waals surface area contributed by atoms with Gasteiger partial charge in [0, 0.05) is 9.50 Å². The Kier molecular flexibility index (Phi) is 3.50. The van der Waals surface area contributed by atoms with Crippen molar-refractivity contribution in [2.24, 2.45) is 0 Å². The quantitative estimate of drug-likeness (QED) is 0.583. The van der Waals surface area contributed by atoms with E-state index in [4.69, 9.17) is 28.2 Å². The Morgan fingerprint density at radius 1 is 1.20 bits per heavy atom. The monoisotopic (exact) mass is 367 g/mol. The van der Waals surface area contributed by atoms with E-state index in [0.717, 1.165) is 4.47 Å². The second-order valence-corrected chi connectivity index (χ2v) is 5.87. The van der Waals surface area contributed by atoms with Crippen molar-refractivity contribution >= 4 is 50.7 Å². The fourth-order valence-corrected chi connectivity index (χ4v) is 2.82. The molecule has 0 radical (unpaired) electrons. The summed E-state index contributed by atoms with van der Waals surface area (Å²) in [4.78, 5) is 12.1. The van der Waals surface area contributed by atoms with Gasteiger partial charge in [0.15, 0.2) is 0 Å². The Hall–Kier alpha value is -1.43. The van der Waals surface area contributed by atoms with Crippen LogP contribution in [0.5, 0.6) is 0 Å². The third-order valence-electron chi connectivity index (χ3n) is 2.82. The van der Waals surface area contributed by atoms with E-state index in [1.165, 1.54) is 4.57 Å². The van der Waals surface area contributed by atoms with Crippen molar-refractivity contribution < 1.29 is 4.42 Å². The highest BCUT2D eigenvalue weighted by molar-refractivity contribution is 9.10. The van der Waals surface area contributed by atoms with Gasteiger partial charge in [-0.1, -0.05) is 45.8 Å². The fourth-order valence-electron chi connectivity index (χ4n) is 1.94. The van der Waals surface area contributed by atoms with Crippen molar-refractivity contribution in [2.75, 3.05) is 0 Å². The van der Waals surface area contributed by atoms with Crippen LogP contribution in [0, 0.1) is 4.64 Å². The topological polar surface area (TPSA) is 35.1 Å². The summed E-state index contributed by atoms with van der Waals surface area (Å²) in [6.07, 6.45) is 0. The summed E-state index contributed by atoms with van der Waals surface area (Å²) in [7, 11) is 0. The smallest absolute Gasteiger partial charge is 0.409 e. The molecule has 100 valence electrons. The average molecular weight is 369 g/mol. The highest BCUT2D eigenvalue weighted by atomic mass is 79.9. The summed E-state index contributed by atoms with van der Waals surface area (Å²) >= 11 is 14.7. The first-order valence-electron chi connectivity index (χ1n) is 5.67. The lowest BCUT2D eigenvalue weighted by Gasteiger charge is -2.07. The molecule has 1 aromatic heterocycles. The number of benzene rings is 2. The zero-order valence-electron chi connectivity index (χ0n) is 9.97. The van der Waals surface area contributed by atoms with E-state index in [-0.39, 0.29) is 0 Å². The van der Waals surface area contributed by atoms with Gasteiger partial charge in [-0.25, -0.2) is 9.36 Å². The Balaban J connectivity index is 2.42. The first kappa shape index (κ1) is 13.5. The van der Waals surface area contributed by atoms with Crippen LogP contribution in [0.25, 0.3) is 16.7 Å². The van der Waals surface area contributed by atoms with Gasteiger partial charge in [0.2, 0.25) is 0 Å². The highest BCUT2D eigenvalue weighted by Crippen LogP contribution is 2.22. The van der Waals surface area contributed by atoms with Crippen LogP contribution >= 0.6 is 39.7 Å². The Labute approximate surface area is 132 Å². The summed E-state index contributed by atoms with van der Waals surface area (Å²) in [6, 6.07) is 12.2. The molecule has 0 saturated heterocycles. The van der Waals surface area contributed by atoms with Gasteiger partial charge in [-0.3, -0.25) is 0 Å². The van der Waals surface area contributed by atoms with Crippen LogP contribution in [0.2, 0.25) is 5.02 Å². The number of rotatable bonds is 1. The van der Waals surface area contributed by atoms with Crippen LogP contribution in [0.4, 0.5) is 0 Å². The molecule has 3 aromatic rings. The minimum absolute atomic E-state index is 0.389. The van der Waals surface area contributed by atoms with E-state index in [1.807, 2.05) is 6.07 Å². The molecule has 0 saturated carbocycles. The van der Waals surface area contributed by atoms with E-state index < -0.39 is 5.76 Å². The molecule has 0 spiro atoms. The molecular weight excluding hydrogens is 362 g/mol. The van der Waals surface area contributed by atoms with Crippen molar-refractivity contribution in [2.45, 2.75) is 0 Å². The van der Waals surface area contributed by atoms with E-state index in [2.05, 4.69) is 15.9 Å². The average Bonchev–Trinajstić information content (AvgIpc) is 2.40. The molecule has 0 aliphatic heterocycles. The van der Waals surface area contributed by atoms with Crippen LogP contribution in [0.3, 0.4) is 0 Å². The maximum atomic E-state index is 12.1. The zero-order valence-corrected chi connectivity index (χ0v) is 13.1. The van der Waals surface area contributed by atoms with Crippen molar-refractivity contribution in [3.8, 4) is 5.69 Å². The molecule has 1 heterocycles. The van der Waals surface area contributed by atoms with Crippen molar-refractivity contribution in [1.29, 1.82) is 0 Å². The molecule has 2 aromatic carbocycles. The fraction of sp³-hybridized carbons (Fsp3) is 0. The molecule has 6 heteroatoms. The van der Waals surface area contributed by atoms with Crippen LogP contribution in [0.1, 0.15) is 0 Å². The lowest BCUT2D eigenvalue weighted by molar-refractivity contribution is 0.507. The first-order chi connectivity index (χ1) is 9.56. The maximum Gasteiger partial charge on any atom is 0.425 e. The largest absolute Gasteiger partial charge is 0.425 e. The maximum absolute atomic E-state index is 12.1. The standard InChI is InChI=1S/C14H7BrClNO2S/c15-8-4-5-12-11(6-8)13(20)17(14(18)19-12)10-3-1-2-9(16)7-10/h1-7H. The summed E-state index contributed by atoms with van der Waals surface area (Å²) in [5, 5.41) is 1.21. The van der Waals surface area contributed by atoms with Crippen molar-refractivity contribution in [3.63, 3.8) is 0 Å². The van der Waals surface area contributed by atoms with E-state index >= 15 is 0 Å². The first-order valence-corrected chi connectivity index (χ1v) is 7.25. The van der Waals surface area contributed by atoms with Gasteiger partial charge in [0.1, 0.15) is 10.2 Å². The van der Waals surface area contributed by atoms with Gasteiger partial charge in [-0.15, -0.1) is 0 Å². The normalized spacial score (nSPS) is 10.9. The Morgan fingerprint density at radius 3 is 2.75 bits per heavy atom. The number of halogens is 2. The lowest BCUT2D eigenvalue weighted by atomic mass is 10.2. The van der Waals surface area contributed by atoms with Crippen molar-refractivity contribution in [1.82, 2.24) is 4.57 Å². The molecule has 3 rings (SSSR count). The van der Waals surface area contributed by atoms with Gasteiger partial charge in [0.25, 0.3) is 0 Å². The molecule has 3 nitrogen and oxygen atoms in total. The van der Waals surface area contributed by atoms with Crippen LogP contribution < -0.4 is 5.76 Å². The molecule has 0 bridgehead atoms. The van der Waals surface area contributed by atoms with Crippen LogP contribution in [-0.4, -0.2) is 4.57 Å². The van der Waals surface area contributed by atoms with Crippen molar-refractivity contribution in [3.05, 3.63) is 67.2 Å². The Bertz CT molecular complexity index is 932. The molecule has 0 fully saturated rings. The van der Waals surface area contributed by atoms with Crippen LogP contribution in [0.15, 0.2) is 56.1 Å². The van der Waals surface area contributed by atoms with Gasteiger partial charge in [-0.2, -0.15) is 0 Å². The number of aromatic nitrogens is 1. The van der Waals surface area contributed by atoms with Gasteiger partial charge >= 0.3 is 5.76 Å². The van der Waals surface area contributed by atoms with E-state index in [1.54, 1.807) is 36.4 Å². The predicted octanol–water partition coefficient (Wildman–Crippen LogP) is 4.73. The third kappa shape index (κ3) is 2.32. The number of hydrogen-bond donors (Lipinski definition) is 0. The van der Waals surface area contributed by atoms with Gasteiger partial charge < -0.3 is 4.42 Å². The van der Waals surface area contributed by atoms with Gasteiger partial charge in [0.05, 0.1) is 11.1 Å². The molecule has 0 aliphatic carbocycles. The lowest BCUT2D eigenvalue weighted by Crippen LogP contribution is -2.17. The summed E-state index contributed by atoms with van der Waals surface area (Å²) in [6.45, 7) is 0. The summed E-state index contributed by atoms with van der Waals surface area (Å²) < 4.78 is 7.88. The number of nitrogens with zero attached hydrogens (tertiary/aromatic N) is 1. The highest BCUT2D eigenvalue weighted by Gasteiger charge is 2.09. The molecule has 0 N–H and O–H groups in total. The molecule has 0 atom stereocenters. The molecule has 20 heavy (non-hydrogen) atoms. The van der Waals surface area contributed by atoms with Gasteiger partial charge in [-0.05, 0) is 36.4 Å². The molecule has 0 aliphatic rings. The second kappa shape index (κ2) is 5.16. The summed E-state index contributed by atoms with van der Waals surface area (Å²) in [5.41, 5.74) is 1.04. The molecule has 0 unspecified atom stereocenters. The summed E-state index contributed by atoms with van der Waals surface area (Å²) in [5.74, 6) is -0.535. The SMILES string of the molecule is O=c1oc2ccc(Br)cc2c(=S)n1-c1cccc(Cl)c1. The minimum atomic E-state index is -0.535.